The van der Waals surface area contributed by atoms with Crippen molar-refractivity contribution in [1.82, 2.24) is 0 Å². The highest BCUT2D eigenvalue weighted by Crippen LogP contribution is 2.28. The Morgan fingerprint density at radius 2 is 1.90 bits per heavy atom. The number of rotatable bonds is 6. The molecule has 4 heteroatoms. The molecule has 0 aliphatic rings. The summed E-state index contributed by atoms with van der Waals surface area (Å²) < 4.78 is 19.3. The van der Waals surface area contributed by atoms with Gasteiger partial charge in [0.1, 0.15) is 5.82 Å². The van der Waals surface area contributed by atoms with Gasteiger partial charge in [0.25, 0.3) is 0 Å². The maximum atomic E-state index is 13.9. The number of anilines is 1. The van der Waals surface area contributed by atoms with Crippen LogP contribution in [-0.2, 0) is 6.54 Å². The van der Waals surface area contributed by atoms with Crippen molar-refractivity contribution < 1.29 is 14.2 Å². The summed E-state index contributed by atoms with van der Waals surface area (Å²) in [5, 5.41) is 9.72. The molecule has 0 saturated heterocycles. The van der Waals surface area contributed by atoms with Crippen LogP contribution in [0.15, 0.2) is 42.5 Å². The lowest BCUT2D eigenvalue weighted by atomic mass is 10.1. The molecule has 0 aliphatic carbocycles. The fourth-order valence-electron chi connectivity index (χ4n) is 2.22. The number of ether oxygens (including phenoxy) is 1. The predicted molar refractivity (Wildman–Crippen MR) is 82.4 cm³/mol. The van der Waals surface area contributed by atoms with Crippen LogP contribution in [-0.4, -0.2) is 18.3 Å². The third kappa shape index (κ3) is 3.66. The van der Waals surface area contributed by atoms with Crippen molar-refractivity contribution in [2.24, 2.45) is 0 Å². The van der Waals surface area contributed by atoms with Crippen LogP contribution in [0, 0.1) is 5.82 Å². The molecule has 0 radical (unpaired) electrons. The Bertz CT molecular complexity index is 601. The number of phenolic OH excluding ortho intramolecular Hbond substituents is 1. The highest BCUT2D eigenvalue weighted by molar-refractivity contribution is 5.49. The van der Waals surface area contributed by atoms with Gasteiger partial charge in [0.05, 0.1) is 12.3 Å². The molecule has 2 aromatic rings. The van der Waals surface area contributed by atoms with Crippen molar-refractivity contribution >= 4 is 5.69 Å². The first-order valence-corrected chi connectivity index (χ1v) is 7.09. The number of phenols is 1. The summed E-state index contributed by atoms with van der Waals surface area (Å²) in [4.78, 5) is 1.94. The van der Waals surface area contributed by atoms with Gasteiger partial charge in [0, 0.05) is 13.1 Å². The predicted octanol–water partition coefficient (Wildman–Crippen LogP) is 3.96. The Morgan fingerprint density at radius 3 is 2.57 bits per heavy atom. The normalized spacial score (nSPS) is 10.4. The molecule has 0 amide bonds. The highest BCUT2D eigenvalue weighted by Gasteiger charge is 2.11. The molecule has 112 valence electrons. The van der Waals surface area contributed by atoms with E-state index in [1.165, 1.54) is 6.07 Å². The second-order valence-corrected chi connectivity index (χ2v) is 4.70. The van der Waals surface area contributed by atoms with Crippen molar-refractivity contribution in [3.63, 3.8) is 0 Å². The molecule has 2 aromatic carbocycles. The molecule has 0 atom stereocenters. The quantitative estimate of drug-likeness (QED) is 0.873. The number of hydrogen-bond acceptors (Lipinski definition) is 3. The van der Waals surface area contributed by atoms with Gasteiger partial charge in [-0.1, -0.05) is 18.2 Å². The van der Waals surface area contributed by atoms with Gasteiger partial charge in [-0.15, -0.1) is 0 Å². The minimum absolute atomic E-state index is 0.120. The summed E-state index contributed by atoms with van der Waals surface area (Å²) in [7, 11) is 0. The van der Waals surface area contributed by atoms with E-state index in [9.17, 15) is 9.50 Å². The lowest BCUT2D eigenvalue weighted by molar-refractivity contribution is 0.317. The Morgan fingerprint density at radius 1 is 1.14 bits per heavy atom. The van der Waals surface area contributed by atoms with E-state index in [2.05, 4.69) is 0 Å². The van der Waals surface area contributed by atoms with E-state index >= 15 is 0 Å². The Hall–Kier alpha value is -2.23. The maximum Gasteiger partial charge on any atom is 0.161 e. The first-order valence-electron chi connectivity index (χ1n) is 7.09. The molecule has 0 aromatic heterocycles. The Balaban J connectivity index is 2.23. The highest BCUT2D eigenvalue weighted by atomic mass is 19.1. The van der Waals surface area contributed by atoms with Gasteiger partial charge < -0.3 is 14.7 Å². The van der Waals surface area contributed by atoms with E-state index in [0.29, 0.717) is 31.1 Å². The fourth-order valence-corrected chi connectivity index (χ4v) is 2.22. The molecule has 1 N–H and O–H groups in total. The number of para-hydroxylation sites is 1. The van der Waals surface area contributed by atoms with E-state index in [1.807, 2.05) is 30.9 Å². The summed E-state index contributed by atoms with van der Waals surface area (Å²) >= 11 is 0. The van der Waals surface area contributed by atoms with Crippen molar-refractivity contribution in [3.8, 4) is 11.5 Å². The number of benzene rings is 2. The number of halogens is 1. The molecule has 0 fully saturated rings. The Kier molecular flexibility index (Phi) is 5.04. The van der Waals surface area contributed by atoms with Crippen LogP contribution < -0.4 is 9.64 Å². The lowest BCUT2D eigenvalue weighted by Gasteiger charge is -2.24. The molecule has 21 heavy (non-hydrogen) atoms. The van der Waals surface area contributed by atoms with Crippen LogP contribution in [0.4, 0.5) is 10.1 Å². The van der Waals surface area contributed by atoms with Crippen molar-refractivity contribution in [2.45, 2.75) is 20.4 Å². The smallest absolute Gasteiger partial charge is 0.161 e. The lowest BCUT2D eigenvalue weighted by Crippen LogP contribution is -2.23. The molecule has 0 heterocycles. The number of nitrogens with zero attached hydrogens (tertiary/aromatic N) is 1. The zero-order valence-electron chi connectivity index (χ0n) is 12.3. The number of aromatic hydroxyl groups is 1. The molecule has 0 saturated carbocycles. The molecule has 0 spiro atoms. The van der Waals surface area contributed by atoms with E-state index in [4.69, 9.17) is 4.74 Å². The second kappa shape index (κ2) is 6.97. The van der Waals surface area contributed by atoms with Crippen LogP contribution in [0.25, 0.3) is 0 Å². The van der Waals surface area contributed by atoms with Gasteiger partial charge in [0.15, 0.2) is 11.5 Å². The zero-order valence-corrected chi connectivity index (χ0v) is 12.3. The number of hydrogen-bond donors (Lipinski definition) is 1. The van der Waals surface area contributed by atoms with E-state index in [1.54, 1.807) is 24.3 Å². The minimum atomic E-state index is -0.233. The average molecular weight is 289 g/mol. The fraction of sp³-hybridized carbons (Fsp3) is 0.294. The van der Waals surface area contributed by atoms with Gasteiger partial charge in [-0.2, -0.15) is 0 Å². The monoisotopic (exact) mass is 289 g/mol. The van der Waals surface area contributed by atoms with E-state index in [-0.39, 0.29) is 11.6 Å². The SMILES string of the molecule is CCOc1cc(CN(CC)c2ccccc2F)ccc1O. The van der Waals surface area contributed by atoms with Crippen LogP contribution in [0.2, 0.25) is 0 Å². The van der Waals surface area contributed by atoms with Gasteiger partial charge in [-0.25, -0.2) is 4.39 Å². The third-order valence-corrected chi connectivity index (χ3v) is 3.27. The standard InChI is InChI=1S/C17H20FNO2/c1-3-19(15-8-6-5-7-14(15)18)12-13-9-10-16(20)17(11-13)21-4-2/h5-11,20H,3-4,12H2,1-2H3. The van der Waals surface area contributed by atoms with Crippen LogP contribution in [0.3, 0.4) is 0 Å². The molecular weight excluding hydrogens is 269 g/mol. The molecule has 0 unspecified atom stereocenters. The van der Waals surface area contributed by atoms with Crippen LogP contribution >= 0.6 is 0 Å². The Labute approximate surface area is 124 Å². The van der Waals surface area contributed by atoms with Crippen LogP contribution in [0.5, 0.6) is 11.5 Å². The second-order valence-electron chi connectivity index (χ2n) is 4.70. The summed E-state index contributed by atoms with van der Waals surface area (Å²) in [6.45, 7) is 5.57. The summed E-state index contributed by atoms with van der Waals surface area (Å²) in [5.74, 6) is 0.345. The molecule has 2 rings (SSSR count). The largest absolute Gasteiger partial charge is 0.504 e. The van der Waals surface area contributed by atoms with Crippen molar-refractivity contribution in [2.75, 3.05) is 18.1 Å². The topological polar surface area (TPSA) is 32.7 Å². The van der Waals surface area contributed by atoms with Crippen molar-refractivity contribution in [3.05, 3.63) is 53.8 Å². The van der Waals surface area contributed by atoms with Crippen LogP contribution in [0.1, 0.15) is 19.4 Å². The summed E-state index contributed by atoms with van der Waals surface area (Å²) in [6, 6.07) is 12.0. The van der Waals surface area contributed by atoms with Gasteiger partial charge in [0.2, 0.25) is 0 Å². The third-order valence-electron chi connectivity index (χ3n) is 3.27. The average Bonchev–Trinajstić information content (AvgIpc) is 2.49. The molecule has 3 nitrogen and oxygen atoms in total. The van der Waals surface area contributed by atoms with E-state index in [0.717, 1.165) is 5.56 Å². The van der Waals surface area contributed by atoms with Gasteiger partial charge in [-0.3, -0.25) is 0 Å². The zero-order chi connectivity index (χ0) is 15.2. The van der Waals surface area contributed by atoms with E-state index < -0.39 is 0 Å². The first-order chi connectivity index (χ1) is 10.2. The van der Waals surface area contributed by atoms with Gasteiger partial charge >= 0.3 is 0 Å². The molecule has 0 bridgehead atoms. The van der Waals surface area contributed by atoms with Crippen molar-refractivity contribution in [1.29, 1.82) is 0 Å². The first kappa shape index (κ1) is 15.2. The molecular formula is C17H20FNO2. The molecule has 0 aliphatic heterocycles. The minimum Gasteiger partial charge on any atom is -0.504 e. The summed E-state index contributed by atoms with van der Waals surface area (Å²) in [5.41, 5.74) is 1.53. The summed E-state index contributed by atoms with van der Waals surface area (Å²) in [6.07, 6.45) is 0. The maximum absolute atomic E-state index is 13.9. The van der Waals surface area contributed by atoms with Gasteiger partial charge in [-0.05, 0) is 43.7 Å².